The van der Waals surface area contributed by atoms with Crippen LogP contribution < -0.4 is 13.7 Å². The number of para-hydroxylation sites is 2. The largest absolute Gasteiger partial charge is 0.240 e. The lowest BCUT2D eigenvalue weighted by Gasteiger charge is -2.26. The van der Waals surface area contributed by atoms with Crippen LogP contribution in [0.3, 0.4) is 0 Å². The van der Waals surface area contributed by atoms with E-state index in [-0.39, 0.29) is 56.4 Å². The van der Waals surface area contributed by atoms with Crippen LogP contribution in [0.1, 0.15) is 158 Å². The topological polar surface area (TPSA) is 50.3 Å². The Hall–Kier alpha value is -9.49. The van der Waals surface area contributed by atoms with Crippen LogP contribution in [0.15, 0.2) is 176 Å². The van der Waals surface area contributed by atoms with Crippen LogP contribution in [0.25, 0.3) is 101 Å². The molecular formula is C87H92F7N6+3. The van der Waals surface area contributed by atoms with E-state index in [1.807, 2.05) is 61.7 Å². The van der Waals surface area contributed by atoms with Crippen molar-refractivity contribution in [3.05, 3.63) is 250 Å². The van der Waals surface area contributed by atoms with Gasteiger partial charge in [-0.1, -0.05) is 92.1 Å². The van der Waals surface area contributed by atoms with E-state index >= 15 is 0 Å². The van der Waals surface area contributed by atoms with Gasteiger partial charge in [-0.25, -0.2) is 45.7 Å². The molecule has 0 fully saturated rings. The summed E-state index contributed by atoms with van der Waals surface area (Å²) in [6, 6.07) is 49.9. The summed E-state index contributed by atoms with van der Waals surface area (Å²) in [5.74, 6) is -3.35. The molecule has 0 bridgehead atoms. The Kier molecular flexibility index (Phi) is 19.9. The SMILES string of the molecule is CC(C)(C)c1cc(F)ccc1-c1c(-c2ccc(F)cc2)nc2ccccc2[n+]1C(C)(C)C.Cc1cc2nc(-c3ccc(F)cc3)c(-c3ccc(F)cc3C(C)(C)C)[n+](C(C)(C)C)c2cc1C.Cc1ccc(-c2c(-c3ccc(F)cc3)nc3cc(F)c(F)cc3[n+]2C(C)(C)C)c(C(C)(C)C)c1. The van der Waals surface area contributed by atoms with Gasteiger partial charge >= 0.3 is 0 Å². The lowest BCUT2D eigenvalue weighted by molar-refractivity contribution is -0.720. The number of nitrogens with zero attached hydrogens (tertiary/aromatic N) is 6. The fourth-order valence-corrected chi connectivity index (χ4v) is 13.2. The number of hydrogen-bond donors (Lipinski definition) is 0. The van der Waals surface area contributed by atoms with Gasteiger partial charge < -0.3 is 0 Å². The molecule has 9 aromatic carbocycles. The summed E-state index contributed by atoms with van der Waals surface area (Å²) in [6.07, 6.45) is 0. The number of fused-ring (bicyclic) bond motifs is 3. The Balaban J connectivity index is 0.000000162. The highest BCUT2D eigenvalue weighted by atomic mass is 19.2. The number of halogens is 7. The third-order valence-electron chi connectivity index (χ3n) is 17.9. The maximum Gasteiger partial charge on any atom is 0.240 e. The van der Waals surface area contributed by atoms with Gasteiger partial charge in [-0.05, 0) is 192 Å². The molecule has 0 saturated carbocycles. The van der Waals surface area contributed by atoms with Gasteiger partial charge in [-0.15, -0.1) is 0 Å². The zero-order chi connectivity index (χ0) is 73.3. The molecule has 0 aliphatic heterocycles. The van der Waals surface area contributed by atoms with Crippen molar-refractivity contribution in [2.75, 3.05) is 0 Å². The highest BCUT2D eigenvalue weighted by molar-refractivity contribution is 5.87. The van der Waals surface area contributed by atoms with Gasteiger partial charge in [0.25, 0.3) is 0 Å². The van der Waals surface area contributed by atoms with Gasteiger partial charge in [0.2, 0.25) is 33.6 Å². The van der Waals surface area contributed by atoms with Crippen molar-refractivity contribution in [2.24, 2.45) is 0 Å². The van der Waals surface area contributed by atoms with Crippen molar-refractivity contribution in [3.8, 4) is 67.5 Å². The standard InChI is InChI=1S/C30H33F2N2.C29H30F3N2.C28H29F2N2/c1-18-15-25-26(16-19(18)2)34(30(6,7)8)28(27(33-25)20-9-11-21(31)12-10-20)23-14-13-22(32)17-24(23)29(3,4)5;1-17-8-13-20(21(14-17)28(2,3)4)27-26(18-9-11-19(30)12-10-18)33-24-15-22(31)23(32)16-25(24)34(27)29(5,6)7;1-27(2,3)22-17-20(30)15-16-21(22)26-25(18-11-13-19(29)14-12-18)31-23-9-7-8-10-24(23)32(26)28(4,5)6/h9-17H,1-8H3;8-16H,1-7H3;7-17H,1-6H3/q3*+1. The first-order valence-electron chi connectivity index (χ1n) is 34.0. The Morgan fingerprint density at radius 1 is 0.280 bits per heavy atom. The molecule has 13 heteroatoms. The molecule has 12 aromatic rings. The molecule has 0 amide bonds. The van der Waals surface area contributed by atoms with Crippen molar-refractivity contribution >= 4 is 33.1 Å². The quantitative estimate of drug-likeness (QED) is 0.123. The number of hydrogen-bond acceptors (Lipinski definition) is 3. The second-order valence-corrected chi connectivity index (χ2v) is 32.3. The minimum atomic E-state index is -0.955. The van der Waals surface area contributed by atoms with E-state index < -0.39 is 17.2 Å². The van der Waals surface area contributed by atoms with E-state index in [9.17, 15) is 30.7 Å². The van der Waals surface area contributed by atoms with Crippen LogP contribution in [0.2, 0.25) is 0 Å². The summed E-state index contributed by atoms with van der Waals surface area (Å²) in [7, 11) is 0. The maximum absolute atomic E-state index is 14.5. The van der Waals surface area contributed by atoms with E-state index in [1.165, 1.54) is 60.2 Å². The molecule has 0 atom stereocenters. The minimum absolute atomic E-state index is 0.194. The molecule has 0 aliphatic rings. The summed E-state index contributed by atoms with van der Waals surface area (Å²) >= 11 is 0. The fourth-order valence-electron chi connectivity index (χ4n) is 13.2. The van der Waals surface area contributed by atoms with Crippen molar-refractivity contribution in [3.63, 3.8) is 0 Å². The zero-order valence-electron chi connectivity index (χ0n) is 61.6. The number of rotatable bonds is 6. The second-order valence-electron chi connectivity index (χ2n) is 32.3. The van der Waals surface area contributed by atoms with Crippen molar-refractivity contribution in [1.82, 2.24) is 15.0 Å². The van der Waals surface area contributed by atoms with Gasteiger partial charge in [-0.2, -0.15) is 13.7 Å². The number of aromatic nitrogens is 6. The van der Waals surface area contributed by atoms with Gasteiger partial charge in [0, 0.05) is 97.2 Å². The van der Waals surface area contributed by atoms with Crippen LogP contribution in [-0.4, -0.2) is 15.0 Å². The van der Waals surface area contributed by atoms with E-state index in [4.69, 9.17) is 15.0 Å². The van der Waals surface area contributed by atoms with E-state index in [2.05, 4.69) is 164 Å². The number of aryl methyl sites for hydroxylation is 3. The Labute approximate surface area is 585 Å². The summed E-state index contributed by atoms with van der Waals surface area (Å²) < 4.78 is 106. The third-order valence-corrected chi connectivity index (χ3v) is 17.9. The van der Waals surface area contributed by atoms with E-state index in [0.29, 0.717) is 22.3 Å². The predicted octanol–water partition coefficient (Wildman–Crippen LogP) is 22.6. The average Bonchev–Trinajstić information content (AvgIpc) is 0.746. The molecular weight excluding hydrogens is 1260 g/mol. The van der Waals surface area contributed by atoms with Crippen molar-refractivity contribution in [1.29, 1.82) is 0 Å². The molecule has 12 rings (SSSR count). The fraction of sp³-hybridized carbons (Fsp3) is 0.310. The van der Waals surface area contributed by atoms with Crippen molar-refractivity contribution in [2.45, 2.75) is 178 Å². The highest BCUT2D eigenvalue weighted by Crippen LogP contribution is 2.43. The minimum Gasteiger partial charge on any atom is -0.234 e. The van der Waals surface area contributed by atoms with Gasteiger partial charge in [0.15, 0.2) is 28.3 Å². The third kappa shape index (κ3) is 15.3. The summed E-state index contributed by atoms with van der Waals surface area (Å²) in [6.45, 7) is 44.2. The second kappa shape index (κ2) is 27.2. The maximum atomic E-state index is 14.5. The lowest BCUT2D eigenvalue weighted by atomic mass is 9.81. The summed E-state index contributed by atoms with van der Waals surface area (Å²) in [5, 5.41) is 0. The zero-order valence-corrected chi connectivity index (χ0v) is 61.6. The molecule has 6 nitrogen and oxygen atoms in total. The summed E-state index contributed by atoms with van der Waals surface area (Å²) in [5.41, 5.74) is 18.8. The Morgan fingerprint density at radius 3 is 0.980 bits per heavy atom. The Bertz CT molecular complexity index is 4880. The first kappa shape index (κ1) is 73.2. The van der Waals surface area contributed by atoms with Gasteiger partial charge in [-0.3, -0.25) is 0 Å². The molecule has 3 heterocycles. The first-order valence-corrected chi connectivity index (χ1v) is 34.0. The molecule has 0 spiro atoms. The first-order chi connectivity index (χ1) is 46.5. The molecule has 100 heavy (non-hydrogen) atoms. The highest BCUT2D eigenvalue weighted by Gasteiger charge is 2.41. The van der Waals surface area contributed by atoms with Crippen LogP contribution in [0.5, 0.6) is 0 Å². The van der Waals surface area contributed by atoms with E-state index in [1.54, 1.807) is 48.5 Å². The molecule has 0 saturated heterocycles. The molecule has 0 unspecified atom stereocenters. The van der Waals surface area contributed by atoms with E-state index in [0.717, 1.165) is 112 Å². The predicted molar refractivity (Wildman–Crippen MR) is 393 cm³/mol. The van der Waals surface area contributed by atoms with Gasteiger partial charge in [0.1, 0.15) is 62.7 Å². The molecule has 3 aromatic heterocycles. The molecule has 0 N–H and O–H groups in total. The monoisotopic (exact) mass is 1350 g/mol. The molecule has 516 valence electrons. The number of benzene rings is 9. The average molecular weight is 1350 g/mol. The normalized spacial score (nSPS) is 12.4. The lowest BCUT2D eigenvalue weighted by Crippen LogP contribution is -2.53. The van der Waals surface area contributed by atoms with Crippen LogP contribution in [0.4, 0.5) is 30.7 Å². The van der Waals surface area contributed by atoms with Gasteiger partial charge in [0.05, 0.1) is 22.8 Å². The van der Waals surface area contributed by atoms with Crippen LogP contribution >= 0.6 is 0 Å². The Morgan fingerprint density at radius 2 is 0.590 bits per heavy atom. The molecule has 0 aliphatic carbocycles. The van der Waals surface area contributed by atoms with Crippen LogP contribution in [0, 0.1) is 61.5 Å². The van der Waals surface area contributed by atoms with Crippen LogP contribution in [-0.2, 0) is 32.9 Å². The molecule has 0 radical (unpaired) electrons. The smallest absolute Gasteiger partial charge is 0.234 e. The van der Waals surface area contributed by atoms with Crippen molar-refractivity contribution < 1.29 is 44.4 Å². The summed E-state index contributed by atoms with van der Waals surface area (Å²) in [4.78, 5) is 15.0.